The van der Waals surface area contributed by atoms with Crippen molar-refractivity contribution >= 4 is 11.9 Å². The molecular formula is C31H48O7. The lowest BCUT2D eigenvalue weighted by molar-refractivity contribution is -0.156. The van der Waals surface area contributed by atoms with Crippen LogP contribution in [-0.4, -0.2) is 56.8 Å². The molecule has 0 aromatic carbocycles. The van der Waals surface area contributed by atoms with Gasteiger partial charge in [0.2, 0.25) is 0 Å². The summed E-state index contributed by atoms with van der Waals surface area (Å²) < 4.78 is 5.36. The van der Waals surface area contributed by atoms with Gasteiger partial charge in [-0.3, -0.25) is 9.59 Å². The van der Waals surface area contributed by atoms with Gasteiger partial charge in [0, 0.05) is 0 Å². The topological polar surface area (TPSA) is 124 Å². The van der Waals surface area contributed by atoms with Crippen LogP contribution in [0.25, 0.3) is 0 Å². The largest absolute Gasteiger partial charge is 0.481 e. The summed E-state index contributed by atoms with van der Waals surface area (Å²) in [4.78, 5) is 24.1. The third-order valence-electron chi connectivity index (χ3n) is 9.65. The predicted octanol–water partition coefficient (Wildman–Crippen LogP) is 4.95. The first-order chi connectivity index (χ1) is 17.7. The zero-order valence-corrected chi connectivity index (χ0v) is 23.6. The molecule has 3 rings (SSSR count). The second-order valence-electron chi connectivity index (χ2n) is 12.7. The molecule has 0 saturated heterocycles. The van der Waals surface area contributed by atoms with Crippen LogP contribution in [0.5, 0.6) is 0 Å². The van der Waals surface area contributed by atoms with E-state index in [9.17, 15) is 24.9 Å². The molecule has 7 heteroatoms. The molecule has 0 aromatic rings. The summed E-state index contributed by atoms with van der Waals surface area (Å²) in [6.07, 6.45) is 10.2. The number of fused-ring (bicyclic) bond motifs is 1. The highest BCUT2D eigenvalue weighted by molar-refractivity contribution is 5.73. The number of carbonyl (C=O) groups is 2. The number of carboxylic acid groups (broad SMARTS) is 1. The highest BCUT2D eigenvalue weighted by Crippen LogP contribution is 2.60. The van der Waals surface area contributed by atoms with E-state index in [0.29, 0.717) is 12.3 Å². The molecule has 0 spiro atoms. The van der Waals surface area contributed by atoms with Gasteiger partial charge >= 0.3 is 11.9 Å². The number of rotatable bonds is 10. The van der Waals surface area contributed by atoms with Crippen LogP contribution in [0.2, 0.25) is 0 Å². The molecular weight excluding hydrogens is 484 g/mol. The van der Waals surface area contributed by atoms with Crippen LogP contribution in [0.3, 0.4) is 0 Å². The first-order valence-corrected chi connectivity index (χ1v) is 14.3. The fourth-order valence-corrected chi connectivity index (χ4v) is 7.22. The van der Waals surface area contributed by atoms with Gasteiger partial charge in [-0.1, -0.05) is 43.7 Å². The van der Waals surface area contributed by atoms with Crippen LogP contribution in [0.1, 0.15) is 91.9 Å². The molecule has 3 aliphatic carbocycles. The molecule has 0 heterocycles. The standard InChI is InChI=1S/C31H48O7/c1-19-8-11-23(32)17-22(19)10-9-21-7-6-15-31(5)25(12-13-26(21)31)20(2)24(18-27(33)30(3,4)37)29(36)38-16-14-28(34)35/h9-10,20,23-27,32-33,37H,1,6-8,11-18H2,2-5H3,(H,34,35)/b21-9?,22-10-/t20-,23+,24?,25-,26?,27?,31-/m1/s1. The van der Waals surface area contributed by atoms with Crippen molar-refractivity contribution in [3.63, 3.8) is 0 Å². The maximum atomic E-state index is 13.2. The van der Waals surface area contributed by atoms with E-state index in [-0.39, 0.29) is 42.8 Å². The Hall–Kier alpha value is -1.96. The number of esters is 1. The molecule has 0 radical (unpaired) electrons. The van der Waals surface area contributed by atoms with E-state index in [2.05, 4.69) is 25.7 Å². The first kappa shape index (κ1) is 30.6. The molecule has 0 amide bonds. The Labute approximate surface area is 227 Å². The molecule has 3 unspecified atom stereocenters. The van der Waals surface area contributed by atoms with Gasteiger partial charge in [0.1, 0.15) is 6.61 Å². The summed E-state index contributed by atoms with van der Waals surface area (Å²) >= 11 is 0. The van der Waals surface area contributed by atoms with Gasteiger partial charge in [0.05, 0.1) is 30.1 Å². The molecule has 3 fully saturated rings. The molecule has 3 saturated carbocycles. The number of aliphatic hydroxyl groups excluding tert-OH is 2. The highest BCUT2D eigenvalue weighted by atomic mass is 16.5. The Morgan fingerprint density at radius 3 is 2.58 bits per heavy atom. The zero-order chi connectivity index (χ0) is 28.3. The Morgan fingerprint density at radius 1 is 1.21 bits per heavy atom. The Balaban J connectivity index is 1.82. The number of ether oxygens (including phenoxy) is 1. The summed E-state index contributed by atoms with van der Waals surface area (Å²) in [6, 6.07) is 0. The van der Waals surface area contributed by atoms with Gasteiger partial charge in [-0.15, -0.1) is 0 Å². The number of carboxylic acids is 1. The number of hydrogen-bond donors (Lipinski definition) is 4. The Kier molecular flexibility index (Phi) is 10.0. The third-order valence-corrected chi connectivity index (χ3v) is 9.65. The Morgan fingerprint density at radius 2 is 1.92 bits per heavy atom. The van der Waals surface area contributed by atoms with Crippen molar-refractivity contribution in [1.82, 2.24) is 0 Å². The van der Waals surface area contributed by atoms with E-state index in [0.717, 1.165) is 56.1 Å². The minimum atomic E-state index is -1.37. The highest BCUT2D eigenvalue weighted by Gasteiger charge is 2.53. The van der Waals surface area contributed by atoms with Crippen molar-refractivity contribution in [3.8, 4) is 0 Å². The monoisotopic (exact) mass is 532 g/mol. The molecule has 7 atom stereocenters. The number of carbonyl (C=O) groups excluding carboxylic acids is 1. The van der Waals surface area contributed by atoms with E-state index in [1.54, 1.807) is 0 Å². The Bertz CT molecular complexity index is 942. The lowest BCUT2D eigenvalue weighted by Gasteiger charge is -2.46. The molecule has 38 heavy (non-hydrogen) atoms. The van der Waals surface area contributed by atoms with Crippen LogP contribution in [0.4, 0.5) is 0 Å². The van der Waals surface area contributed by atoms with E-state index in [1.165, 1.54) is 19.4 Å². The molecule has 4 N–H and O–H groups in total. The molecule has 0 aromatic heterocycles. The average Bonchev–Trinajstić information content (AvgIpc) is 3.19. The average molecular weight is 533 g/mol. The van der Waals surface area contributed by atoms with Gasteiger partial charge in [0.25, 0.3) is 0 Å². The smallest absolute Gasteiger partial charge is 0.309 e. The first-order valence-electron chi connectivity index (χ1n) is 14.3. The van der Waals surface area contributed by atoms with Crippen LogP contribution < -0.4 is 0 Å². The zero-order valence-electron chi connectivity index (χ0n) is 23.6. The predicted molar refractivity (Wildman–Crippen MR) is 146 cm³/mol. The molecule has 7 nitrogen and oxygen atoms in total. The van der Waals surface area contributed by atoms with Crippen molar-refractivity contribution in [2.45, 2.75) is 110 Å². The summed E-state index contributed by atoms with van der Waals surface area (Å²) in [7, 11) is 0. The summed E-state index contributed by atoms with van der Waals surface area (Å²) in [5.41, 5.74) is 2.29. The van der Waals surface area contributed by atoms with Gasteiger partial charge in [-0.05, 0) is 100 Å². The molecule has 0 aliphatic heterocycles. The number of aliphatic hydroxyl groups is 3. The van der Waals surface area contributed by atoms with Gasteiger partial charge < -0.3 is 25.2 Å². The summed E-state index contributed by atoms with van der Waals surface area (Å²) in [6.45, 7) is 11.4. The summed E-state index contributed by atoms with van der Waals surface area (Å²) in [5, 5.41) is 40.1. The molecule has 3 aliphatic rings. The number of hydrogen-bond acceptors (Lipinski definition) is 6. The second kappa shape index (κ2) is 12.5. The fourth-order valence-electron chi connectivity index (χ4n) is 7.22. The lowest BCUT2D eigenvalue weighted by Crippen LogP contribution is -2.44. The quantitative estimate of drug-likeness (QED) is 0.294. The van der Waals surface area contributed by atoms with E-state index in [1.807, 2.05) is 6.92 Å². The number of aliphatic carboxylic acids is 1. The fraction of sp³-hybridized carbons (Fsp3) is 0.742. The van der Waals surface area contributed by atoms with Crippen LogP contribution >= 0.6 is 0 Å². The molecule has 0 bridgehead atoms. The third kappa shape index (κ3) is 7.16. The van der Waals surface area contributed by atoms with Gasteiger partial charge in [-0.25, -0.2) is 0 Å². The van der Waals surface area contributed by atoms with Crippen LogP contribution in [0.15, 0.2) is 35.5 Å². The summed E-state index contributed by atoms with van der Waals surface area (Å²) in [5.74, 6) is -1.67. The van der Waals surface area contributed by atoms with Crippen molar-refractivity contribution < 1.29 is 34.8 Å². The van der Waals surface area contributed by atoms with Gasteiger partial charge in [0.15, 0.2) is 0 Å². The SMILES string of the molecule is C=C1CC[C@H](O)C/C1=C/C=C1CCC[C@@]2(C)C1CC[C@@H]2[C@H](C)C(CC(O)C(C)(C)O)C(=O)OCCC(=O)O. The van der Waals surface area contributed by atoms with Crippen LogP contribution in [-0.2, 0) is 14.3 Å². The normalized spacial score (nSPS) is 32.6. The van der Waals surface area contributed by atoms with E-state index >= 15 is 0 Å². The van der Waals surface area contributed by atoms with Crippen molar-refractivity contribution in [3.05, 3.63) is 35.5 Å². The van der Waals surface area contributed by atoms with Crippen LogP contribution in [0, 0.1) is 29.1 Å². The minimum absolute atomic E-state index is 0.00955. The van der Waals surface area contributed by atoms with Crippen molar-refractivity contribution in [2.24, 2.45) is 29.1 Å². The lowest BCUT2D eigenvalue weighted by atomic mass is 9.59. The van der Waals surface area contributed by atoms with Gasteiger partial charge in [-0.2, -0.15) is 0 Å². The molecule has 214 valence electrons. The van der Waals surface area contributed by atoms with E-state index < -0.39 is 29.6 Å². The second-order valence-corrected chi connectivity index (χ2v) is 12.7. The van der Waals surface area contributed by atoms with Crippen molar-refractivity contribution in [1.29, 1.82) is 0 Å². The maximum absolute atomic E-state index is 13.2. The number of allylic oxidation sites excluding steroid dienone is 4. The minimum Gasteiger partial charge on any atom is -0.481 e. The van der Waals surface area contributed by atoms with Crippen molar-refractivity contribution in [2.75, 3.05) is 6.61 Å². The maximum Gasteiger partial charge on any atom is 0.309 e. The van der Waals surface area contributed by atoms with E-state index in [4.69, 9.17) is 9.84 Å².